The standard InChI is InChI=1S/C29H28N4O4/c1-36-25-15-10-21(17-26(25)37-2)28-24(19-32(31-28)18-20-7-4-3-5-8-20)29(35)30-22-11-13-23(14-12-22)33-16-6-9-27(33)34/h3-5,7-8,10-15,17,19H,6,9,16,18H2,1-2H3,(H,30,35). The van der Waals surface area contributed by atoms with E-state index in [2.05, 4.69) is 5.32 Å². The quantitative estimate of drug-likeness (QED) is 0.371. The van der Waals surface area contributed by atoms with Crippen molar-refractivity contribution in [3.63, 3.8) is 0 Å². The summed E-state index contributed by atoms with van der Waals surface area (Å²) in [5, 5.41) is 7.73. The number of methoxy groups -OCH3 is 2. The summed E-state index contributed by atoms with van der Waals surface area (Å²) in [5.74, 6) is 0.991. The van der Waals surface area contributed by atoms with Crippen LogP contribution < -0.4 is 19.7 Å². The van der Waals surface area contributed by atoms with E-state index >= 15 is 0 Å². The predicted molar refractivity (Wildman–Crippen MR) is 142 cm³/mol. The molecule has 8 heteroatoms. The normalized spacial score (nSPS) is 13.0. The van der Waals surface area contributed by atoms with Crippen LogP contribution in [0.2, 0.25) is 0 Å². The Balaban J connectivity index is 1.45. The van der Waals surface area contributed by atoms with Crippen molar-refractivity contribution >= 4 is 23.2 Å². The Hall–Kier alpha value is -4.59. The van der Waals surface area contributed by atoms with Gasteiger partial charge >= 0.3 is 0 Å². The third-order valence-electron chi connectivity index (χ3n) is 6.36. The highest BCUT2D eigenvalue weighted by atomic mass is 16.5. The number of nitrogens with one attached hydrogen (secondary N) is 1. The van der Waals surface area contributed by atoms with Crippen LogP contribution in [0.15, 0.2) is 79.0 Å². The van der Waals surface area contributed by atoms with Gasteiger partial charge in [-0.05, 0) is 54.4 Å². The minimum absolute atomic E-state index is 0.127. The van der Waals surface area contributed by atoms with Crippen molar-refractivity contribution in [3.05, 3.63) is 90.1 Å². The van der Waals surface area contributed by atoms with E-state index in [-0.39, 0.29) is 11.8 Å². The maximum atomic E-state index is 13.5. The SMILES string of the molecule is COc1ccc(-c2nn(Cc3ccccc3)cc2C(=O)Nc2ccc(N3CCCC3=O)cc2)cc1OC. The van der Waals surface area contributed by atoms with Gasteiger partial charge < -0.3 is 19.7 Å². The Morgan fingerprint density at radius 1 is 0.973 bits per heavy atom. The summed E-state index contributed by atoms with van der Waals surface area (Å²) in [5.41, 5.74) is 4.24. The molecule has 37 heavy (non-hydrogen) atoms. The fourth-order valence-electron chi connectivity index (χ4n) is 4.48. The Labute approximate surface area is 215 Å². The lowest BCUT2D eigenvalue weighted by Crippen LogP contribution is -2.23. The maximum absolute atomic E-state index is 13.5. The van der Waals surface area contributed by atoms with Crippen LogP contribution in [0.5, 0.6) is 11.5 Å². The van der Waals surface area contributed by atoms with Gasteiger partial charge in [0.2, 0.25) is 5.91 Å². The molecule has 0 unspecified atom stereocenters. The van der Waals surface area contributed by atoms with Crippen LogP contribution in [0.4, 0.5) is 11.4 Å². The Kier molecular flexibility index (Phi) is 6.89. The molecule has 0 atom stereocenters. The zero-order valence-electron chi connectivity index (χ0n) is 20.8. The molecule has 1 aromatic heterocycles. The minimum Gasteiger partial charge on any atom is -0.493 e. The van der Waals surface area contributed by atoms with Crippen molar-refractivity contribution in [3.8, 4) is 22.8 Å². The maximum Gasteiger partial charge on any atom is 0.259 e. The average Bonchev–Trinajstić information content (AvgIpc) is 3.55. The summed E-state index contributed by atoms with van der Waals surface area (Å²) in [6.45, 7) is 1.24. The monoisotopic (exact) mass is 496 g/mol. The average molecular weight is 497 g/mol. The molecule has 1 N–H and O–H groups in total. The van der Waals surface area contributed by atoms with E-state index in [1.165, 1.54) is 0 Å². The van der Waals surface area contributed by atoms with Gasteiger partial charge in [-0.15, -0.1) is 0 Å². The first kappa shape index (κ1) is 24.1. The first-order chi connectivity index (χ1) is 18.1. The van der Waals surface area contributed by atoms with Gasteiger partial charge in [0.1, 0.15) is 5.69 Å². The molecule has 1 saturated heterocycles. The second-order valence-electron chi connectivity index (χ2n) is 8.79. The zero-order chi connectivity index (χ0) is 25.8. The number of amides is 2. The Bertz CT molecular complexity index is 1410. The lowest BCUT2D eigenvalue weighted by atomic mass is 10.1. The number of carbonyl (C=O) groups excluding carboxylic acids is 2. The summed E-state index contributed by atoms with van der Waals surface area (Å²) >= 11 is 0. The second kappa shape index (κ2) is 10.6. The van der Waals surface area contributed by atoms with Crippen molar-refractivity contribution in [2.45, 2.75) is 19.4 Å². The van der Waals surface area contributed by atoms with Gasteiger partial charge in [0.05, 0.1) is 26.3 Å². The van der Waals surface area contributed by atoms with E-state index in [0.717, 1.165) is 29.8 Å². The third-order valence-corrected chi connectivity index (χ3v) is 6.36. The highest BCUT2D eigenvalue weighted by Gasteiger charge is 2.22. The third kappa shape index (κ3) is 5.18. The molecule has 4 aromatic rings. The van der Waals surface area contributed by atoms with Crippen molar-refractivity contribution < 1.29 is 19.1 Å². The van der Waals surface area contributed by atoms with Crippen molar-refractivity contribution in [2.75, 3.05) is 31.0 Å². The van der Waals surface area contributed by atoms with E-state index in [0.29, 0.717) is 41.4 Å². The van der Waals surface area contributed by atoms with Crippen LogP contribution in [0, 0.1) is 0 Å². The van der Waals surface area contributed by atoms with E-state index < -0.39 is 0 Å². The first-order valence-corrected chi connectivity index (χ1v) is 12.1. The Morgan fingerprint density at radius 3 is 2.41 bits per heavy atom. The summed E-state index contributed by atoms with van der Waals surface area (Å²) < 4.78 is 12.6. The van der Waals surface area contributed by atoms with Gasteiger partial charge in [0.15, 0.2) is 11.5 Å². The summed E-state index contributed by atoms with van der Waals surface area (Å²) in [4.78, 5) is 27.3. The number of hydrogen-bond donors (Lipinski definition) is 1. The molecule has 1 aliphatic heterocycles. The van der Waals surface area contributed by atoms with Gasteiger partial charge in [-0.3, -0.25) is 14.3 Å². The number of aromatic nitrogens is 2. The second-order valence-corrected chi connectivity index (χ2v) is 8.79. The first-order valence-electron chi connectivity index (χ1n) is 12.1. The van der Waals surface area contributed by atoms with Gasteiger partial charge in [-0.25, -0.2) is 0 Å². The number of nitrogens with zero attached hydrogens (tertiary/aromatic N) is 3. The molecule has 0 radical (unpaired) electrons. The van der Waals surface area contributed by atoms with Gasteiger partial charge in [-0.1, -0.05) is 30.3 Å². The number of anilines is 2. The summed E-state index contributed by atoms with van der Waals surface area (Å²) in [7, 11) is 3.15. The minimum atomic E-state index is -0.283. The lowest BCUT2D eigenvalue weighted by molar-refractivity contribution is -0.117. The molecule has 0 saturated carbocycles. The molecule has 8 nitrogen and oxygen atoms in total. The molecule has 0 aliphatic carbocycles. The molecule has 0 bridgehead atoms. The largest absolute Gasteiger partial charge is 0.493 e. The number of ether oxygens (including phenoxy) is 2. The van der Waals surface area contributed by atoms with E-state index in [9.17, 15) is 9.59 Å². The zero-order valence-corrected chi connectivity index (χ0v) is 20.8. The number of hydrogen-bond acceptors (Lipinski definition) is 5. The van der Waals surface area contributed by atoms with Gasteiger partial charge in [-0.2, -0.15) is 5.10 Å². The highest BCUT2D eigenvalue weighted by Crippen LogP contribution is 2.33. The summed E-state index contributed by atoms with van der Waals surface area (Å²) in [6.07, 6.45) is 3.19. The van der Waals surface area contributed by atoms with E-state index in [1.807, 2.05) is 66.7 Å². The lowest BCUT2D eigenvalue weighted by Gasteiger charge is -2.16. The van der Waals surface area contributed by atoms with Crippen molar-refractivity contribution in [1.29, 1.82) is 0 Å². The van der Waals surface area contributed by atoms with Crippen LogP contribution >= 0.6 is 0 Å². The van der Waals surface area contributed by atoms with Crippen LogP contribution in [-0.4, -0.2) is 42.4 Å². The topological polar surface area (TPSA) is 85.7 Å². The molecule has 188 valence electrons. The van der Waals surface area contributed by atoms with Gasteiger partial charge in [0.25, 0.3) is 5.91 Å². The Morgan fingerprint density at radius 2 is 1.73 bits per heavy atom. The fraction of sp³-hybridized carbons (Fsp3) is 0.207. The predicted octanol–water partition coefficient (Wildman–Crippen LogP) is 4.99. The van der Waals surface area contributed by atoms with E-state index in [4.69, 9.17) is 14.6 Å². The molecular weight excluding hydrogens is 468 g/mol. The molecule has 5 rings (SSSR count). The molecule has 1 fully saturated rings. The number of carbonyl (C=O) groups is 2. The van der Waals surface area contributed by atoms with Crippen LogP contribution in [0.25, 0.3) is 11.3 Å². The molecule has 2 amide bonds. The molecule has 0 spiro atoms. The van der Waals surface area contributed by atoms with E-state index in [1.54, 1.807) is 36.1 Å². The summed E-state index contributed by atoms with van der Waals surface area (Å²) in [6, 6.07) is 22.7. The number of rotatable bonds is 8. The fourth-order valence-corrected chi connectivity index (χ4v) is 4.48. The van der Waals surface area contributed by atoms with Crippen LogP contribution in [0.1, 0.15) is 28.8 Å². The molecule has 1 aliphatic rings. The van der Waals surface area contributed by atoms with Crippen LogP contribution in [0.3, 0.4) is 0 Å². The van der Waals surface area contributed by atoms with Crippen molar-refractivity contribution in [2.24, 2.45) is 0 Å². The van der Waals surface area contributed by atoms with Gasteiger partial charge in [0, 0.05) is 36.1 Å². The van der Waals surface area contributed by atoms with Crippen molar-refractivity contribution in [1.82, 2.24) is 9.78 Å². The molecule has 3 aromatic carbocycles. The molecular formula is C29H28N4O4. The number of benzene rings is 3. The van der Waals surface area contributed by atoms with Crippen LogP contribution in [-0.2, 0) is 11.3 Å². The highest BCUT2D eigenvalue weighted by molar-refractivity contribution is 6.08. The smallest absolute Gasteiger partial charge is 0.259 e. The molecule has 2 heterocycles.